The summed E-state index contributed by atoms with van der Waals surface area (Å²) >= 11 is 1.40. The first kappa shape index (κ1) is 24.9. The summed E-state index contributed by atoms with van der Waals surface area (Å²) in [5.74, 6) is 1.32. The van der Waals surface area contributed by atoms with Crippen molar-refractivity contribution in [1.29, 1.82) is 0 Å². The van der Waals surface area contributed by atoms with Gasteiger partial charge in [-0.05, 0) is 71.6 Å². The quantitative estimate of drug-likeness (QED) is 0.296. The molecule has 2 aromatic heterocycles. The molecular weight excluding hydrogens is 476 g/mol. The van der Waals surface area contributed by atoms with E-state index in [2.05, 4.69) is 10.6 Å². The molecule has 0 bridgehead atoms. The number of furan rings is 1. The summed E-state index contributed by atoms with van der Waals surface area (Å²) in [6.45, 7) is 0.660. The second-order valence-corrected chi connectivity index (χ2v) is 9.21. The van der Waals surface area contributed by atoms with Gasteiger partial charge < -0.3 is 29.6 Å². The zero-order valence-corrected chi connectivity index (χ0v) is 21.2. The number of nitrogens with zero attached hydrogens (tertiary/aromatic N) is 2. The van der Waals surface area contributed by atoms with Crippen molar-refractivity contribution in [2.75, 3.05) is 36.7 Å². The van der Waals surface area contributed by atoms with Gasteiger partial charge in [0.15, 0.2) is 0 Å². The molecule has 36 heavy (non-hydrogen) atoms. The largest absolute Gasteiger partial charge is 0.497 e. The van der Waals surface area contributed by atoms with Crippen LogP contribution in [-0.4, -0.2) is 38.0 Å². The van der Waals surface area contributed by atoms with Crippen LogP contribution < -0.4 is 20.3 Å². The maximum absolute atomic E-state index is 13.3. The summed E-state index contributed by atoms with van der Waals surface area (Å²) in [5.41, 5.74) is 3.09. The summed E-state index contributed by atoms with van der Waals surface area (Å²) in [6, 6.07) is 19.7. The molecule has 0 aliphatic heterocycles. The Morgan fingerprint density at radius 1 is 0.944 bits per heavy atom. The van der Waals surface area contributed by atoms with Gasteiger partial charge in [0.1, 0.15) is 11.5 Å². The lowest BCUT2D eigenvalue weighted by Gasteiger charge is -2.25. The third-order valence-electron chi connectivity index (χ3n) is 5.47. The normalized spacial score (nSPS) is 10.5. The van der Waals surface area contributed by atoms with E-state index in [0.717, 1.165) is 11.3 Å². The molecule has 2 aromatic carbocycles. The zero-order valence-electron chi connectivity index (χ0n) is 20.4. The molecular formula is C27H28N4O4S. The molecule has 0 aliphatic carbocycles. The standard InChI is InChI=1S/C27H28N4O4S/c1-30(2)24-13-10-21(29-27(33)28-20-8-11-22(34-3)12-9-20)16-19(24)17-31(18-23-6-4-14-35-23)26(32)25-7-5-15-36-25/h4-16H,17-18H2,1-3H3,(H2,28,29,33). The molecule has 8 nitrogen and oxygen atoms in total. The van der Waals surface area contributed by atoms with E-state index in [4.69, 9.17) is 9.15 Å². The molecule has 0 radical (unpaired) electrons. The topological polar surface area (TPSA) is 87.1 Å². The monoisotopic (exact) mass is 504 g/mol. The lowest BCUT2D eigenvalue weighted by atomic mass is 10.1. The molecule has 0 atom stereocenters. The van der Waals surface area contributed by atoms with Crippen molar-refractivity contribution in [3.63, 3.8) is 0 Å². The van der Waals surface area contributed by atoms with Gasteiger partial charge in [0.2, 0.25) is 0 Å². The minimum Gasteiger partial charge on any atom is -0.497 e. The molecule has 9 heteroatoms. The van der Waals surface area contributed by atoms with Crippen LogP contribution in [-0.2, 0) is 13.1 Å². The highest BCUT2D eigenvalue weighted by atomic mass is 32.1. The van der Waals surface area contributed by atoms with Crippen molar-refractivity contribution in [3.8, 4) is 5.75 Å². The van der Waals surface area contributed by atoms with E-state index in [-0.39, 0.29) is 11.9 Å². The number of hydrogen-bond acceptors (Lipinski definition) is 6. The number of hydrogen-bond donors (Lipinski definition) is 2. The third-order valence-corrected chi connectivity index (χ3v) is 6.33. The lowest BCUT2D eigenvalue weighted by molar-refractivity contribution is 0.0723. The van der Waals surface area contributed by atoms with Crippen molar-refractivity contribution >= 4 is 40.3 Å². The van der Waals surface area contributed by atoms with E-state index in [1.807, 2.05) is 60.8 Å². The van der Waals surface area contributed by atoms with Crippen LogP contribution in [0.15, 0.2) is 82.8 Å². The van der Waals surface area contributed by atoms with E-state index >= 15 is 0 Å². The Labute approximate surface area is 214 Å². The maximum Gasteiger partial charge on any atom is 0.323 e. The number of carbonyl (C=O) groups is 2. The van der Waals surface area contributed by atoms with Crippen LogP contribution >= 0.6 is 11.3 Å². The molecule has 0 unspecified atom stereocenters. The summed E-state index contributed by atoms with van der Waals surface area (Å²) in [4.78, 5) is 30.3. The second kappa shape index (κ2) is 11.5. The van der Waals surface area contributed by atoms with Crippen molar-refractivity contribution < 1.29 is 18.7 Å². The fourth-order valence-electron chi connectivity index (χ4n) is 3.75. The van der Waals surface area contributed by atoms with Gasteiger partial charge in [0, 0.05) is 37.7 Å². The summed E-state index contributed by atoms with van der Waals surface area (Å²) in [7, 11) is 5.48. The van der Waals surface area contributed by atoms with Gasteiger partial charge in [0.05, 0.1) is 24.8 Å². The number of carbonyl (C=O) groups excluding carboxylic acids is 2. The molecule has 4 aromatic rings. The Bertz CT molecular complexity index is 1290. The number of methoxy groups -OCH3 is 1. The number of ether oxygens (including phenoxy) is 1. The van der Waals surface area contributed by atoms with Crippen molar-refractivity contribution in [2.45, 2.75) is 13.1 Å². The van der Waals surface area contributed by atoms with Crippen LogP contribution in [0.5, 0.6) is 5.75 Å². The van der Waals surface area contributed by atoms with Crippen molar-refractivity contribution in [2.24, 2.45) is 0 Å². The first-order valence-corrected chi connectivity index (χ1v) is 12.2. The summed E-state index contributed by atoms with van der Waals surface area (Å²) in [5, 5.41) is 7.58. The minimum atomic E-state index is -0.370. The van der Waals surface area contributed by atoms with E-state index in [9.17, 15) is 9.59 Å². The molecule has 2 N–H and O–H groups in total. The second-order valence-electron chi connectivity index (χ2n) is 8.26. The Morgan fingerprint density at radius 3 is 2.33 bits per heavy atom. The number of amides is 3. The minimum absolute atomic E-state index is 0.0817. The van der Waals surface area contributed by atoms with Gasteiger partial charge in [-0.1, -0.05) is 6.07 Å². The van der Waals surface area contributed by atoms with Gasteiger partial charge >= 0.3 is 6.03 Å². The average Bonchev–Trinajstić information content (AvgIpc) is 3.58. The van der Waals surface area contributed by atoms with Gasteiger partial charge in [-0.15, -0.1) is 11.3 Å². The highest BCUT2D eigenvalue weighted by molar-refractivity contribution is 7.12. The Morgan fingerprint density at radius 2 is 1.69 bits per heavy atom. The molecule has 4 rings (SSSR count). The lowest BCUT2D eigenvalue weighted by Crippen LogP contribution is -2.30. The molecule has 0 saturated heterocycles. The zero-order chi connectivity index (χ0) is 25.5. The number of thiophene rings is 1. The first-order chi connectivity index (χ1) is 17.4. The van der Waals surface area contributed by atoms with E-state index < -0.39 is 0 Å². The van der Waals surface area contributed by atoms with Crippen LogP contribution in [0.3, 0.4) is 0 Å². The highest BCUT2D eigenvalue weighted by Crippen LogP contribution is 2.27. The number of nitrogens with one attached hydrogen (secondary N) is 2. The van der Waals surface area contributed by atoms with E-state index in [1.165, 1.54) is 11.3 Å². The molecule has 0 aliphatic rings. The number of anilines is 3. The third kappa shape index (κ3) is 6.25. The molecule has 186 valence electrons. The fraction of sp³-hybridized carbons (Fsp3) is 0.185. The SMILES string of the molecule is COc1ccc(NC(=O)Nc2ccc(N(C)C)c(CN(Cc3ccco3)C(=O)c3cccs3)c2)cc1. The molecule has 0 spiro atoms. The smallest absolute Gasteiger partial charge is 0.323 e. The Balaban J connectivity index is 1.55. The molecule has 0 fully saturated rings. The Hall–Kier alpha value is -4.24. The highest BCUT2D eigenvalue weighted by Gasteiger charge is 2.21. The van der Waals surface area contributed by atoms with E-state index in [1.54, 1.807) is 48.6 Å². The van der Waals surface area contributed by atoms with Crippen molar-refractivity contribution in [3.05, 3.63) is 94.6 Å². The van der Waals surface area contributed by atoms with Crippen LogP contribution in [0.1, 0.15) is 21.0 Å². The van der Waals surface area contributed by atoms with Crippen LogP contribution in [0, 0.1) is 0 Å². The first-order valence-electron chi connectivity index (χ1n) is 11.3. The summed E-state index contributed by atoms with van der Waals surface area (Å²) in [6.07, 6.45) is 1.60. The number of rotatable bonds is 9. The van der Waals surface area contributed by atoms with Crippen molar-refractivity contribution in [1.82, 2.24) is 4.90 Å². The van der Waals surface area contributed by atoms with Crippen LogP contribution in [0.25, 0.3) is 0 Å². The maximum atomic E-state index is 13.3. The predicted octanol–water partition coefficient (Wildman–Crippen LogP) is 5.90. The van der Waals surface area contributed by atoms with Crippen LogP contribution in [0.4, 0.5) is 21.9 Å². The van der Waals surface area contributed by atoms with Gasteiger partial charge in [0.25, 0.3) is 5.91 Å². The molecule has 0 saturated carbocycles. The number of benzene rings is 2. The van der Waals surface area contributed by atoms with Gasteiger partial charge in [-0.2, -0.15) is 0 Å². The average molecular weight is 505 g/mol. The fourth-order valence-corrected chi connectivity index (χ4v) is 4.44. The number of urea groups is 1. The Kier molecular flexibility index (Phi) is 7.92. The van der Waals surface area contributed by atoms with E-state index in [0.29, 0.717) is 40.9 Å². The van der Waals surface area contributed by atoms with Gasteiger partial charge in [-0.3, -0.25) is 4.79 Å². The molecule has 2 heterocycles. The van der Waals surface area contributed by atoms with Crippen LogP contribution in [0.2, 0.25) is 0 Å². The summed E-state index contributed by atoms with van der Waals surface area (Å²) < 4.78 is 10.7. The van der Waals surface area contributed by atoms with Gasteiger partial charge in [-0.25, -0.2) is 4.79 Å². The predicted molar refractivity (Wildman–Crippen MR) is 143 cm³/mol. The molecule has 3 amide bonds.